The van der Waals surface area contributed by atoms with Gasteiger partial charge in [0.1, 0.15) is 5.60 Å². The molecule has 5 rings (SSSR count). The Labute approximate surface area is 166 Å². The van der Waals surface area contributed by atoms with Crippen LogP contribution in [0.25, 0.3) is 10.9 Å². The summed E-state index contributed by atoms with van der Waals surface area (Å²) in [5.41, 5.74) is 2.84. The number of hydrogen-bond acceptors (Lipinski definition) is 3. The molecule has 4 heteroatoms. The molecule has 0 radical (unpaired) electrons. The van der Waals surface area contributed by atoms with E-state index in [2.05, 4.69) is 51.2 Å². The van der Waals surface area contributed by atoms with Crippen LogP contribution in [-0.4, -0.2) is 52.1 Å². The fraction of sp³-hybridized carbons (Fsp3) is 0.417. The van der Waals surface area contributed by atoms with Crippen LogP contribution in [0.5, 0.6) is 0 Å². The SMILES string of the molecule is O[C@]1(c2ccccc2)CCN(Cc2ccc3cc[nH]c3c2)C[C@H]1N1CCCC1. The Bertz CT molecular complexity index is 931. The second-order valence-corrected chi connectivity index (χ2v) is 8.43. The van der Waals surface area contributed by atoms with E-state index >= 15 is 0 Å². The number of rotatable bonds is 4. The van der Waals surface area contributed by atoms with Gasteiger partial charge in [0, 0.05) is 31.3 Å². The molecular weight excluding hydrogens is 346 g/mol. The average Bonchev–Trinajstić information content (AvgIpc) is 3.42. The van der Waals surface area contributed by atoms with Gasteiger partial charge in [0.25, 0.3) is 0 Å². The molecule has 3 aromatic rings. The summed E-state index contributed by atoms with van der Waals surface area (Å²) in [7, 11) is 0. The Morgan fingerprint density at radius 3 is 2.64 bits per heavy atom. The predicted octanol–water partition coefficient (Wildman–Crippen LogP) is 3.73. The summed E-state index contributed by atoms with van der Waals surface area (Å²) in [6.45, 7) is 4.96. The number of aromatic amines is 1. The highest BCUT2D eigenvalue weighted by molar-refractivity contribution is 5.79. The van der Waals surface area contributed by atoms with Crippen LogP contribution in [0.1, 0.15) is 30.4 Å². The van der Waals surface area contributed by atoms with Gasteiger partial charge in [-0.1, -0.05) is 42.5 Å². The standard InChI is InChI=1S/C24H29N3O/c28-24(21-6-2-1-3-7-21)11-15-26(18-23(24)27-13-4-5-14-27)17-19-8-9-20-10-12-25-22(20)16-19/h1-3,6-10,12,16,23,25,28H,4-5,11,13-15,17-18H2/t23-,24+/m1/s1. The maximum Gasteiger partial charge on any atom is 0.108 e. The third-order valence-electron chi connectivity index (χ3n) is 6.67. The lowest BCUT2D eigenvalue weighted by Gasteiger charge is -2.48. The van der Waals surface area contributed by atoms with Crippen LogP contribution < -0.4 is 0 Å². The molecule has 4 nitrogen and oxygen atoms in total. The molecule has 0 amide bonds. The van der Waals surface area contributed by atoms with Crippen LogP contribution in [0.3, 0.4) is 0 Å². The lowest BCUT2D eigenvalue weighted by molar-refractivity contribution is -0.0959. The molecule has 2 aliphatic rings. The number of piperidine rings is 1. The Morgan fingerprint density at radius 2 is 1.82 bits per heavy atom. The number of nitrogens with zero attached hydrogens (tertiary/aromatic N) is 2. The molecule has 0 aliphatic carbocycles. The zero-order valence-corrected chi connectivity index (χ0v) is 16.3. The molecule has 2 aliphatic heterocycles. The summed E-state index contributed by atoms with van der Waals surface area (Å²) < 4.78 is 0. The van der Waals surface area contributed by atoms with E-state index in [4.69, 9.17) is 0 Å². The van der Waals surface area contributed by atoms with E-state index in [0.29, 0.717) is 0 Å². The maximum absolute atomic E-state index is 11.8. The molecule has 146 valence electrons. The Hall–Kier alpha value is -2.14. The zero-order valence-electron chi connectivity index (χ0n) is 16.3. The maximum atomic E-state index is 11.8. The number of fused-ring (bicyclic) bond motifs is 1. The molecule has 0 bridgehead atoms. The summed E-state index contributed by atoms with van der Waals surface area (Å²) >= 11 is 0. The van der Waals surface area contributed by atoms with Gasteiger partial charge >= 0.3 is 0 Å². The van der Waals surface area contributed by atoms with Crippen molar-refractivity contribution in [1.82, 2.24) is 14.8 Å². The van der Waals surface area contributed by atoms with Gasteiger partial charge in [-0.05, 0) is 61.0 Å². The smallest absolute Gasteiger partial charge is 0.108 e. The van der Waals surface area contributed by atoms with E-state index in [0.717, 1.165) is 44.7 Å². The molecule has 3 heterocycles. The first-order chi connectivity index (χ1) is 13.7. The lowest BCUT2D eigenvalue weighted by atomic mass is 9.79. The van der Waals surface area contributed by atoms with Crippen molar-refractivity contribution in [2.24, 2.45) is 0 Å². The fourth-order valence-electron chi connectivity index (χ4n) is 5.11. The van der Waals surface area contributed by atoms with Crippen LogP contribution in [0, 0.1) is 0 Å². The van der Waals surface area contributed by atoms with Crippen LogP contribution in [-0.2, 0) is 12.1 Å². The lowest BCUT2D eigenvalue weighted by Crippen LogP contribution is -2.60. The molecule has 2 fully saturated rings. The summed E-state index contributed by atoms with van der Waals surface area (Å²) in [4.78, 5) is 8.36. The van der Waals surface area contributed by atoms with Crippen LogP contribution in [0.2, 0.25) is 0 Å². The van der Waals surface area contributed by atoms with E-state index < -0.39 is 5.60 Å². The van der Waals surface area contributed by atoms with Gasteiger partial charge in [-0.15, -0.1) is 0 Å². The van der Waals surface area contributed by atoms with E-state index in [1.165, 1.54) is 29.3 Å². The zero-order chi connectivity index (χ0) is 19.0. The van der Waals surface area contributed by atoms with Crippen molar-refractivity contribution in [2.75, 3.05) is 26.2 Å². The molecule has 0 unspecified atom stereocenters. The number of likely N-dealkylation sites (tertiary alicyclic amines) is 2. The summed E-state index contributed by atoms with van der Waals surface area (Å²) in [6, 6.07) is 19.3. The van der Waals surface area contributed by atoms with Crippen molar-refractivity contribution >= 4 is 10.9 Å². The van der Waals surface area contributed by atoms with Crippen LogP contribution >= 0.6 is 0 Å². The van der Waals surface area contributed by atoms with Gasteiger partial charge < -0.3 is 10.1 Å². The Balaban J connectivity index is 1.39. The molecule has 2 aromatic carbocycles. The van der Waals surface area contributed by atoms with Gasteiger partial charge in [0.05, 0.1) is 6.04 Å². The number of benzene rings is 2. The highest BCUT2D eigenvalue weighted by Crippen LogP contribution is 2.37. The van der Waals surface area contributed by atoms with Gasteiger partial charge in [-0.3, -0.25) is 9.80 Å². The minimum atomic E-state index is -0.758. The summed E-state index contributed by atoms with van der Waals surface area (Å²) in [5.74, 6) is 0. The van der Waals surface area contributed by atoms with E-state index in [-0.39, 0.29) is 6.04 Å². The van der Waals surface area contributed by atoms with Crippen LogP contribution in [0.15, 0.2) is 60.8 Å². The third kappa shape index (κ3) is 3.26. The second-order valence-electron chi connectivity index (χ2n) is 8.43. The molecular formula is C24H29N3O. The van der Waals surface area contributed by atoms with Gasteiger partial charge in [0.2, 0.25) is 0 Å². The van der Waals surface area contributed by atoms with E-state index in [1.807, 2.05) is 24.4 Å². The largest absolute Gasteiger partial charge is 0.383 e. The van der Waals surface area contributed by atoms with Crippen molar-refractivity contribution in [3.63, 3.8) is 0 Å². The average molecular weight is 376 g/mol. The van der Waals surface area contributed by atoms with Crippen molar-refractivity contribution < 1.29 is 5.11 Å². The predicted molar refractivity (Wildman–Crippen MR) is 113 cm³/mol. The summed E-state index contributed by atoms with van der Waals surface area (Å²) in [5, 5.41) is 13.0. The Kier molecular flexibility index (Phi) is 4.71. The van der Waals surface area contributed by atoms with Crippen molar-refractivity contribution in [3.05, 3.63) is 71.9 Å². The second kappa shape index (κ2) is 7.36. The minimum Gasteiger partial charge on any atom is -0.383 e. The monoisotopic (exact) mass is 375 g/mol. The van der Waals surface area contributed by atoms with E-state index in [1.54, 1.807) is 0 Å². The number of aliphatic hydroxyl groups is 1. The molecule has 2 N–H and O–H groups in total. The first-order valence-corrected chi connectivity index (χ1v) is 10.5. The minimum absolute atomic E-state index is 0.153. The number of hydrogen-bond donors (Lipinski definition) is 2. The third-order valence-corrected chi connectivity index (χ3v) is 6.67. The quantitative estimate of drug-likeness (QED) is 0.730. The van der Waals surface area contributed by atoms with E-state index in [9.17, 15) is 5.11 Å². The molecule has 2 atom stereocenters. The highest BCUT2D eigenvalue weighted by atomic mass is 16.3. The number of H-pyrrole nitrogens is 1. The first kappa shape index (κ1) is 17.9. The number of aromatic nitrogens is 1. The Morgan fingerprint density at radius 1 is 1.00 bits per heavy atom. The van der Waals surface area contributed by atoms with Crippen LogP contribution in [0.4, 0.5) is 0 Å². The van der Waals surface area contributed by atoms with Gasteiger partial charge in [0.15, 0.2) is 0 Å². The highest BCUT2D eigenvalue weighted by Gasteiger charge is 2.46. The molecule has 0 saturated carbocycles. The number of nitrogens with one attached hydrogen (secondary N) is 1. The molecule has 28 heavy (non-hydrogen) atoms. The molecule has 0 spiro atoms. The van der Waals surface area contributed by atoms with Crippen molar-refractivity contribution in [1.29, 1.82) is 0 Å². The topological polar surface area (TPSA) is 42.5 Å². The molecule has 1 aromatic heterocycles. The van der Waals surface area contributed by atoms with Crippen molar-refractivity contribution in [2.45, 2.75) is 37.5 Å². The van der Waals surface area contributed by atoms with Gasteiger partial charge in [-0.2, -0.15) is 0 Å². The first-order valence-electron chi connectivity index (χ1n) is 10.5. The van der Waals surface area contributed by atoms with Crippen molar-refractivity contribution in [3.8, 4) is 0 Å². The summed E-state index contributed by atoms with van der Waals surface area (Å²) in [6.07, 6.45) is 5.26. The fourth-order valence-corrected chi connectivity index (χ4v) is 5.11. The molecule has 2 saturated heterocycles. The van der Waals surface area contributed by atoms with Gasteiger partial charge in [-0.25, -0.2) is 0 Å². The normalized spacial score (nSPS) is 26.8.